The predicted octanol–water partition coefficient (Wildman–Crippen LogP) is 2.73. The minimum Gasteiger partial charge on any atom is -0.354 e. The smallest absolute Gasteiger partial charge is 0.243 e. The van der Waals surface area contributed by atoms with E-state index in [9.17, 15) is 17.6 Å². The van der Waals surface area contributed by atoms with Crippen LogP contribution >= 0.6 is 0 Å². The zero-order valence-electron chi connectivity index (χ0n) is 14.9. The third-order valence-electron chi connectivity index (χ3n) is 3.97. The highest BCUT2D eigenvalue weighted by Crippen LogP contribution is 2.21. The van der Waals surface area contributed by atoms with Gasteiger partial charge >= 0.3 is 0 Å². The van der Waals surface area contributed by atoms with Gasteiger partial charge in [-0.05, 0) is 42.7 Å². The lowest BCUT2D eigenvalue weighted by molar-refractivity contribution is -0.122. The maximum Gasteiger partial charge on any atom is 0.243 e. The summed E-state index contributed by atoms with van der Waals surface area (Å²) in [4.78, 5) is 12.6. The van der Waals surface area contributed by atoms with Crippen molar-refractivity contribution in [2.45, 2.75) is 25.8 Å². The van der Waals surface area contributed by atoms with Crippen molar-refractivity contribution in [2.24, 2.45) is 0 Å². The molecule has 0 radical (unpaired) electrons. The number of hydrogen-bond acceptors (Lipinski definition) is 3. The van der Waals surface area contributed by atoms with E-state index in [0.29, 0.717) is 25.1 Å². The lowest BCUT2D eigenvalue weighted by atomic mass is 10.1. The van der Waals surface area contributed by atoms with E-state index in [2.05, 4.69) is 5.32 Å². The van der Waals surface area contributed by atoms with Gasteiger partial charge in [-0.15, -0.1) is 0 Å². The second-order valence-corrected chi connectivity index (χ2v) is 7.85. The SMILES string of the molecule is CCC(C(=O)NCCc1ccc(F)cc1)N(c1ccccc1)S(C)(=O)=O. The second-order valence-electron chi connectivity index (χ2n) is 5.99. The Morgan fingerprint density at radius 2 is 1.73 bits per heavy atom. The molecule has 140 valence electrons. The average Bonchev–Trinajstić information content (AvgIpc) is 2.60. The summed E-state index contributed by atoms with van der Waals surface area (Å²) in [6, 6.07) is 13.8. The number of carbonyl (C=O) groups is 1. The zero-order valence-corrected chi connectivity index (χ0v) is 15.7. The monoisotopic (exact) mass is 378 g/mol. The second kappa shape index (κ2) is 8.80. The first-order chi connectivity index (χ1) is 12.3. The molecule has 2 aromatic rings. The number of hydrogen-bond donors (Lipinski definition) is 1. The molecule has 0 saturated carbocycles. The number of anilines is 1. The predicted molar refractivity (Wildman–Crippen MR) is 101 cm³/mol. The van der Waals surface area contributed by atoms with Crippen molar-refractivity contribution in [1.29, 1.82) is 0 Å². The Morgan fingerprint density at radius 1 is 1.12 bits per heavy atom. The molecule has 0 saturated heterocycles. The highest BCUT2D eigenvalue weighted by atomic mass is 32.2. The van der Waals surface area contributed by atoms with Gasteiger partial charge in [-0.3, -0.25) is 9.10 Å². The molecule has 2 rings (SSSR count). The average molecular weight is 378 g/mol. The highest BCUT2D eigenvalue weighted by molar-refractivity contribution is 7.92. The number of amides is 1. The van der Waals surface area contributed by atoms with E-state index in [4.69, 9.17) is 0 Å². The summed E-state index contributed by atoms with van der Waals surface area (Å²) >= 11 is 0. The van der Waals surface area contributed by atoms with Gasteiger partial charge in [0.05, 0.1) is 11.9 Å². The summed E-state index contributed by atoms with van der Waals surface area (Å²) in [5, 5.41) is 2.78. The Kier molecular flexibility index (Phi) is 6.74. The van der Waals surface area contributed by atoms with Crippen molar-refractivity contribution < 1.29 is 17.6 Å². The summed E-state index contributed by atoms with van der Waals surface area (Å²) in [6.45, 7) is 2.11. The van der Waals surface area contributed by atoms with E-state index in [0.717, 1.165) is 16.1 Å². The lowest BCUT2D eigenvalue weighted by Gasteiger charge is -2.30. The van der Waals surface area contributed by atoms with E-state index in [1.54, 1.807) is 49.4 Å². The number of rotatable bonds is 8. The normalized spacial score (nSPS) is 12.4. The van der Waals surface area contributed by atoms with Crippen LogP contribution in [0.15, 0.2) is 54.6 Å². The number of nitrogens with one attached hydrogen (secondary N) is 1. The summed E-state index contributed by atoms with van der Waals surface area (Å²) in [6.07, 6.45) is 1.96. The summed E-state index contributed by atoms with van der Waals surface area (Å²) in [5.74, 6) is -0.667. The molecule has 0 aliphatic rings. The summed E-state index contributed by atoms with van der Waals surface area (Å²) in [7, 11) is -3.63. The Labute approximate surface area is 153 Å². The highest BCUT2D eigenvalue weighted by Gasteiger charge is 2.31. The molecule has 26 heavy (non-hydrogen) atoms. The molecule has 1 N–H and O–H groups in total. The third-order valence-corrected chi connectivity index (χ3v) is 5.15. The van der Waals surface area contributed by atoms with Crippen LogP contribution in [0.25, 0.3) is 0 Å². The molecule has 0 fully saturated rings. The lowest BCUT2D eigenvalue weighted by Crippen LogP contribution is -2.49. The first-order valence-electron chi connectivity index (χ1n) is 8.39. The number of halogens is 1. The van der Waals surface area contributed by atoms with E-state index in [1.165, 1.54) is 12.1 Å². The minimum absolute atomic E-state index is 0.310. The molecule has 1 amide bonds. The number of sulfonamides is 1. The van der Waals surface area contributed by atoms with Crippen LogP contribution in [0.2, 0.25) is 0 Å². The molecule has 0 bridgehead atoms. The molecule has 5 nitrogen and oxygen atoms in total. The van der Waals surface area contributed by atoms with Crippen LogP contribution < -0.4 is 9.62 Å². The summed E-state index contributed by atoms with van der Waals surface area (Å²) in [5.41, 5.74) is 1.35. The Morgan fingerprint density at radius 3 is 2.27 bits per heavy atom. The topological polar surface area (TPSA) is 66.5 Å². The van der Waals surface area contributed by atoms with Crippen LogP contribution in [0.1, 0.15) is 18.9 Å². The van der Waals surface area contributed by atoms with Crippen molar-refractivity contribution in [2.75, 3.05) is 17.1 Å². The first-order valence-corrected chi connectivity index (χ1v) is 10.2. The van der Waals surface area contributed by atoms with E-state index < -0.39 is 16.1 Å². The van der Waals surface area contributed by atoms with Crippen LogP contribution in [0.3, 0.4) is 0 Å². The third kappa shape index (κ3) is 5.29. The Balaban J connectivity index is 2.09. The fraction of sp³-hybridized carbons (Fsp3) is 0.316. The number of nitrogens with zero attached hydrogens (tertiary/aromatic N) is 1. The van der Waals surface area contributed by atoms with Gasteiger partial charge in [0.2, 0.25) is 15.9 Å². The largest absolute Gasteiger partial charge is 0.354 e. The molecule has 0 aromatic heterocycles. The summed E-state index contributed by atoms with van der Waals surface area (Å²) < 4.78 is 38.6. The van der Waals surface area contributed by atoms with Gasteiger partial charge in [0.1, 0.15) is 11.9 Å². The van der Waals surface area contributed by atoms with Crippen molar-refractivity contribution in [3.8, 4) is 0 Å². The van der Waals surface area contributed by atoms with Gasteiger partial charge in [-0.1, -0.05) is 37.3 Å². The van der Waals surface area contributed by atoms with Gasteiger partial charge in [0.15, 0.2) is 0 Å². The van der Waals surface area contributed by atoms with Crippen LogP contribution in [-0.2, 0) is 21.2 Å². The van der Waals surface area contributed by atoms with Gasteiger partial charge in [0.25, 0.3) is 0 Å². The number of benzene rings is 2. The quantitative estimate of drug-likeness (QED) is 0.768. The van der Waals surface area contributed by atoms with Crippen molar-refractivity contribution >= 4 is 21.6 Å². The fourth-order valence-electron chi connectivity index (χ4n) is 2.73. The zero-order chi connectivity index (χ0) is 19.2. The van der Waals surface area contributed by atoms with Crippen LogP contribution in [0, 0.1) is 5.82 Å². The van der Waals surface area contributed by atoms with Crippen molar-refractivity contribution in [1.82, 2.24) is 5.32 Å². The maximum atomic E-state index is 12.9. The van der Waals surface area contributed by atoms with E-state index in [1.807, 2.05) is 0 Å². The van der Waals surface area contributed by atoms with Crippen LogP contribution in [0.5, 0.6) is 0 Å². The number of para-hydroxylation sites is 1. The number of carbonyl (C=O) groups excluding carboxylic acids is 1. The molecular weight excluding hydrogens is 355 g/mol. The molecular formula is C19H23FN2O3S. The van der Waals surface area contributed by atoms with Gasteiger partial charge in [0, 0.05) is 6.54 Å². The molecule has 1 unspecified atom stereocenters. The fourth-order valence-corrected chi connectivity index (χ4v) is 3.95. The molecule has 0 aliphatic carbocycles. The standard InChI is InChI=1S/C19H23FN2O3S/c1-3-18(22(26(2,24)25)17-7-5-4-6-8-17)19(23)21-14-13-15-9-11-16(20)12-10-15/h4-12,18H,3,13-14H2,1-2H3,(H,21,23). The molecule has 0 heterocycles. The Hall–Kier alpha value is -2.41. The van der Waals surface area contributed by atoms with Crippen molar-refractivity contribution in [3.05, 3.63) is 66.0 Å². The van der Waals surface area contributed by atoms with Gasteiger partial charge in [-0.25, -0.2) is 12.8 Å². The molecule has 2 aromatic carbocycles. The maximum absolute atomic E-state index is 12.9. The molecule has 7 heteroatoms. The van der Waals surface area contributed by atoms with Gasteiger partial charge in [-0.2, -0.15) is 0 Å². The Bertz CT molecular complexity index is 824. The van der Waals surface area contributed by atoms with Gasteiger partial charge < -0.3 is 5.32 Å². The van der Waals surface area contributed by atoms with E-state index >= 15 is 0 Å². The van der Waals surface area contributed by atoms with Crippen molar-refractivity contribution in [3.63, 3.8) is 0 Å². The van der Waals surface area contributed by atoms with Crippen LogP contribution in [-0.4, -0.2) is 33.2 Å². The molecule has 0 spiro atoms. The van der Waals surface area contributed by atoms with Crippen LogP contribution in [0.4, 0.5) is 10.1 Å². The first kappa shape index (κ1) is 19.9. The molecule has 0 aliphatic heterocycles. The van der Waals surface area contributed by atoms with E-state index in [-0.39, 0.29) is 11.7 Å². The minimum atomic E-state index is -3.63. The molecule has 1 atom stereocenters.